The van der Waals surface area contributed by atoms with Crippen LogP contribution in [0.3, 0.4) is 0 Å². The van der Waals surface area contributed by atoms with Crippen molar-refractivity contribution in [3.05, 3.63) is 95.1 Å². The van der Waals surface area contributed by atoms with Crippen LogP contribution in [0.2, 0.25) is 0 Å². The van der Waals surface area contributed by atoms with Crippen molar-refractivity contribution in [3.8, 4) is 28.7 Å². The number of ether oxygens (including phenoxy) is 6. The van der Waals surface area contributed by atoms with E-state index in [1.807, 2.05) is 78.9 Å². The monoisotopic (exact) mass is 566 g/mol. The van der Waals surface area contributed by atoms with Crippen LogP contribution in [0.25, 0.3) is 16.8 Å². The molecule has 0 N–H and O–H groups in total. The number of carbonyl (C=O) groups is 1. The lowest BCUT2D eigenvalue weighted by atomic mass is 9.81. The SMILES string of the molecule is CCCCCC1OC(=O)c2c3c(c4ccccc4c2O1)OC(c1ccc(OC)cc1)(c1ccc(OC)cc1OC)C=C3. The molecule has 0 radical (unpaired) electrons. The minimum Gasteiger partial charge on any atom is -0.497 e. The molecule has 2 aliphatic heterocycles. The number of methoxy groups -OCH3 is 3. The summed E-state index contributed by atoms with van der Waals surface area (Å²) in [6.07, 6.45) is 6.96. The number of carbonyl (C=O) groups excluding carboxylic acids is 1. The Morgan fingerprint density at radius 3 is 2.21 bits per heavy atom. The van der Waals surface area contributed by atoms with E-state index in [4.69, 9.17) is 28.4 Å². The summed E-state index contributed by atoms with van der Waals surface area (Å²) in [7, 11) is 4.87. The van der Waals surface area contributed by atoms with E-state index in [-0.39, 0.29) is 0 Å². The standard InChI is InChI=1S/C35H34O7/c1-5-6-7-12-30-40-33-26-11-9-8-10-25(26)32-27(31(33)34(36)41-30)19-20-35(42-32,22-13-15-23(37-2)16-14-22)28-18-17-24(38-3)21-29(28)39-4/h8-11,13-21,30H,5-7,12H2,1-4H3. The van der Waals surface area contributed by atoms with Gasteiger partial charge in [-0.05, 0) is 42.8 Å². The molecular weight excluding hydrogens is 532 g/mol. The maximum absolute atomic E-state index is 13.5. The molecule has 4 aromatic carbocycles. The number of rotatable bonds is 9. The second kappa shape index (κ2) is 11.3. The summed E-state index contributed by atoms with van der Waals surface area (Å²) in [6, 6.07) is 21.2. The molecule has 2 heterocycles. The lowest BCUT2D eigenvalue weighted by Gasteiger charge is -2.38. The van der Waals surface area contributed by atoms with Crippen molar-refractivity contribution in [1.82, 2.24) is 0 Å². The zero-order valence-electron chi connectivity index (χ0n) is 24.3. The summed E-state index contributed by atoms with van der Waals surface area (Å²) in [5, 5.41) is 1.63. The van der Waals surface area contributed by atoms with Crippen molar-refractivity contribution in [2.24, 2.45) is 0 Å². The maximum atomic E-state index is 13.5. The molecule has 0 spiro atoms. The Hall–Kier alpha value is -4.65. The molecule has 2 aliphatic rings. The number of hydrogen-bond acceptors (Lipinski definition) is 7. The Kier molecular flexibility index (Phi) is 7.42. The van der Waals surface area contributed by atoms with Crippen molar-refractivity contribution >= 4 is 22.8 Å². The van der Waals surface area contributed by atoms with E-state index < -0.39 is 17.9 Å². The molecule has 216 valence electrons. The van der Waals surface area contributed by atoms with Gasteiger partial charge in [-0.2, -0.15) is 0 Å². The van der Waals surface area contributed by atoms with Gasteiger partial charge in [0, 0.05) is 39.9 Å². The highest BCUT2D eigenvalue weighted by Gasteiger charge is 2.43. The van der Waals surface area contributed by atoms with Crippen molar-refractivity contribution in [1.29, 1.82) is 0 Å². The van der Waals surface area contributed by atoms with Gasteiger partial charge in [-0.15, -0.1) is 0 Å². The topological polar surface area (TPSA) is 72.5 Å². The molecule has 2 unspecified atom stereocenters. The van der Waals surface area contributed by atoms with E-state index in [1.54, 1.807) is 21.3 Å². The Labute approximate surface area is 245 Å². The Balaban J connectivity index is 1.56. The van der Waals surface area contributed by atoms with E-state index in [0.717, 1.165) is 46.9 Å². The second-order valence-corrected chi connectivity index (χ2v) is 10.4. The Bertz CT molecular complexity index is 1660. The molecule has 6 rings (SSSR count). The largest absolute Gasteiger partial charge is 0.497 e. The highest BCUT2D eigenvalue weighted by Crippen LogP contribution is 2.52. The molecule has 42 heavy (non-hydrogen) atoms. The van der Waals surface area contributed by atoms with Gasteiger partial charge in [0.25, 0.3) is 0 Å². The van der Waals surface area contributed by atoms with Crippen LogP contribution >= 0.6 is 0 Å². The number of benzene rings is 4. The first-order valence-corrected chi connectivity index (χ1v) is 14.2. The van der Waals surface area contributed by atoms with Gasteiger partial charge in [-0.3, -0.25) is 0 Å². The van der Waals surface area contributed by atoms with Crippen LogP contribution in [0.15, 0.2) is 72.8 Å². The average Bonchev–Trinajstić information content (AvgIpc) is 3.04. The van der Waals surface area contributed by atoms with Gasteiger partial charge in [0.15, 0.2) is 5.60 Å². The van der Waals surface area contributed by atoms with Crippen LogP contribution in [0.1, 0.15) is 59.7 Å². The second-order valence-electron chi connectivity index (χ2n) is 10.4. The van der Waals surface area contributed by atoms with Crippen molar-refractivity contribution < 1.29 is 33.2 Å². The maximum Gasteiger partial charge on any atom is 0.345 e. The highest BCUT2D eigenvalue weighted by molar-refractivity contribution is 6.09. The molecule has 7 nitrogen and oxygen atoms in total. The molecule has 0 aliphatic carbocycles. The predicted octanol–water partition coefficient (Wildman–Crippen LogP) is 7.67. The highest BCUT2D eigenvalue weighted by atomic mass is 16.7. The Morgan fingerprint density at radius 2 is 1.52 bits per heavy atom. The van der Waals surface area contributed by atoms with E-state index in [0.29, 0.717) is 40.5 Å². The van der Waals surface area contributed by atoms with E-state index in [1.165, 1.54) is 0 Å². The van der Waals surface area contributed by atoms with Crippen LogP contribution in [0.4, 0.5) is 0 Å². The van der Waals surface area contributed by atoms with Crippen LogP contribution < -0.4 is 23.7 Å². The van der Waals surface area contributed by atoms with Gasteiger partial charge < -0.3 is 28.4 Å². The van der Waals surface area contributed by atoms with Crippen LogP contribution in [0.5, 0.6) is 28.7 Å². The van der Waals surface area contributed by atoms with Crippen LogP contribution in [-0.2, 0) is 10.3 Å². The molecule has 0 amide bonds. The van der Waals surface area contributed by atoms with E-state index in [9.17, 15) is 4.79 Å². The van der Waals surface area contributed by atoms with Gasteiger partial charge in [-0.25, -0.2) is 4.79 Å². The summed E-state index contributed by atoms with van der Waals surface area (Å²) in [5.74, 6) is 2.67. The third-order valence-corrected chi connectivity index (χ3v) is 7.97. The lowest BCUT2D eigenvalue weighted by Crippen LogP contribution is -2.36. The lowest BCUT2D eigenvalue weighted by molar-refractivity contribution is -0.0639. The van der Waals surface area contributed by atoms with Crippen molar-refractivity contribution in [3.63, 3.8) is 0 Å². The molecule has 0 saturated carbocycles. The van der Waals surface area contributed by atoms with Gasteiger partial charge in [0.2, 0.25) is 6.29 Å². The van der Waals surface area contributed by atoms with Crippen molar-refractivity contribution in [2.45, 2.75) is 44.5 Å². The normalized spacial score (nSPS) is 18.8. The fourth-order valence-electron chi connectivity index (χ4n) is 5.80. The first-order chi connectivity index (χ1) is 20.5. The minimum atomic E-state index is -1.10. The van der Waals surface area contributed by atoms with Crippen molar-refractivity contribution in [2.75, 3.05) is 21.3 Å². The molecule has 2 atom stereocenters. The van der Waals surface area contributed by atoms with Crippen LogP contribution in [-0.4, -0.2) is 33.6 Å². The quantitative estimate of drug-likeness (QED) is 0.152. The van der Waals surface area contributed by atoms with E-state index in [2.05, 4.69) is 6.92 Å². The first-order valence-electron chi connectivity index (χ1n) is 14.2. The van der Waals surface area contributed by atoms with Gasteiger partial charge >= 0.3 is 5.97 Å². The number of fused-ring (bicyclic) bond motifs is 6. The molecular formula is C35H34O7. The summed E-state index contributed by atoms with van der Waals surface area (Å²) >= 11 is 0. The summed E-state index contributed by atoms with van der Waals surface area (Å²) in [5.41, 5.74) is 1.52. The number of cyclic esters (lactones) is 1. The van der Waals surface area contributed by atoms with E-state index >= 15 is 0 Å². The number of unbranched alkanes of at least 4 members (excludes halogenated alkanes) is 2. The predicted molar refractivity (Wildman–Crippen MR) is 161 cm³/mol. The molecule has 0 fully saturated rings. The summed E-state index contributed by atoms with van der Waals surface area (Å²) < 4.78 is 36.0. The zero-order chi connectivity index (χ0) is 29.3. The molecule has 7 heteroatoms. The number of esters is 1. The van der Waals surface area contributed by atoms with Gasteiger partial charge in [-0.1, -0.05) is 56.2 Å². The first kappa shape index (κ1) is 27.5. The smallest absolute Gasteiger partial charge is 0.345 e. The Morgan fingerprint density at radius 1 is 0.810 bits per heavy atom. The molecule has 0 aromatic heterocycles. The third kappa shape index (κ3) is 4.59. The zero-order valence-corrected chi connectivity index (χ0v) is 24.3. The fraction of sp³-hybridized carbons (Fsp3) is 0.286. The third-order valence-electron chi connectivity index (χ3n) is 7.97. The van der Waals surface area contributed by atoms with Crippen LogP contribution in [0, 0.1) is 0 Å². The molecule has 0 bridgehead atoms. The fourth-order valence-corrected chi connectivity index (χ4v) is 5.80. The number of hydrogen-bond donors (Lipinski definition) is 0. The minimum absolute atomic E-state index is 0.372. The molecule has 0 saturated heterocycles. The molecule has 4 aromatic rings. The summed E-state index contributed by atoms with van der Waals surface area (Å²) in [4.78, 5) is 13.5. The summed E-state index contributed by atoms with van der Waals surface area (Å²) in [6.45, 7) is 2.14. The van der Waals surface area contributed by atoms with Gasteiger partial charge in [0.05, 0.1) is 21.3 Å². The van der Waals surface area contributed by atoms with Gasteiger partial charge in [0.1, 0.15) is 34.3 Å². The average molecular weight is 567 g/mol.